The largest absolute Gasteiger partial charge is 0.494 e. The Morgan fingerprint density at radius 2 is 1.81 bits per heavy atom. The third-order valence-corrected chi connectivity index (χ3v) is 5.30. The smallest absolute Gasteiger partial charge is 0.444 e. The Kier molecular flexibility index (Phi) is 5.08. The Hall–Kier alpha value is -1.57. The van der Waals surface area contributed by atoms with Gasteiger partial charge < -0.3 is 24.1 Å². The summed E-state index contributed by atoms with van der Waals surface area (Å²) in [6, 6.07) is 5.81. The van der Waals surface area contributed by atoms with Crippen LogP contribution in [-0.4, -0.2) is 36.6 Å². The maximum Gasteiger partial charge on any atom is 0.494 e. The van der Waals surface area contributed by atoms with Gasteiger partial charge >= 0.3 is 13.2 Å². The fourth-order valence-electron chi connectivity index (χ4n) is 3.16. The van der Waals surface area contributed by atoms with Crippen LogP contribution < -0.4 is 10.8 Å². The molecule has 0 aromatic heterocycles. The number of carbonyl (C=O) groups is 1. The molecule has 1 amide bonds. The van der Waals surface area contributed by atoms with E-state index in [1.165, 1.54) is 0 Å². The van der Waals surface area contributed by atoms with E-state index in [4.69, 9.17) is 18.8 Å². The standard InChI is InChI=1S/C20H30BNO5/c1-18(2,3)25-17(23)22-16-12-24-11-13-10-14(8-9-15(13)16)21-26-19(4,5)20(6,7)27-21/h8-10,16H,11-12H2,1-7H3,(H,22,23)/t16-/m1/s1. The van der Waals surface area contributed by atoms with Crippen molar-refractivity contribution < 1.29 is 23.6 Å². The van der Waals surface area contributed by atoms with Crippen LogP contribution in [0.3, 0.4) is 0 Å². The minimum atomic E-state index is -0.539. The molecule has 3 rings (SSSR count). The first-order valence-corrected chi connectivity index (χ1v) is 9.44. The van der Waals surface area contributed by atoms with Crippen molar-refractivity contribution in [2.45, 2.75) is 77.9 Å². The third-order valence-electron chi connectivity index (χ3n) is 5.30. The highest BCUT2D eigenvalue weighted by molar-refractivity contribution is 6.62. The number of ether oxygens (including phenoxy) is 2. The van der Waals surface area contributed by atoms with Crippen LogP contribution >= 0.6 is 0 Å². The van der Waals surface area contributed by atoms with Crippen molar-refractivity contribution in [3.8, 4) is 0 Å². The summed E-state index contributed by atoms with van der Waals surface area (Å²) in [6.45, 7) is 14.6. The molecule has 148 valence electrons. The van der Waals surface area contributed by atoms with E-state index in [1.54, 1.807) is 0 Å². The molecule has 27 heavy (non-hydrogen) atoms. The van der Waals surface area contributed by atoms with Crippen molar-refractivity contribution in [3.05, 3.63) is 29.3 Å². The van der Waals surface area contributed by atoms with Crippen LogP contribution in [0.1, 0.15) is 65.6 Å². The van der Waals surface area contributed by atoms with Crippen LogP contribution in [0.5, 0.6) is 0 Å². The molecule has 0 aliphatic carbocycles. The van der Waals surface area contributed by atoms with Crippen LogP contribution in [0.15, 0.2) is 18.2 Å². The van der Waals surface area contributed by atoms with Crippen LogP contribution in [0.4, 0.5) is 4.79 Å². The van der Waals surface area contributed by atoms with Gasteiger partial charge in [0.15, 0.2) is 0 Å². The number of hydrogen-bond donors (Lipinski definition) is 1. The number of amides is 1. The molecule has 1 aromatic rings. The predicted molar refractivity (Wildman–Crippen MR) is 104 cm³/mol. The summed E-state index contributed by atoms with van der Waals surface area (Å²) >= 11 is 0. The highest BCUT2D eigenvalue weighted by Crippen LogP contribution is 2.36. The van der Waals surface area contributed by atoms with Crippen molar-refractivity contribution in [2.24, 2.45) is 0 Å². The van der Waals surface area contributed by atoms with Gasteiger partial charge in [0.1, 0.15) is 5.60 Å². The van der Waals surface area contributed by atoms with Gasteiger partial charge in [0.05, 0.1) is 30.5 Å². The minimum Gasteiger partial charge on any atom is -0.444 e. The second-order valence-electron chi connectivity index (χ2n) is 9.26. The van der Waals surface area contributed by atoms with Gasteiger partial charge in [-0.2, -0.15) is 0 Å². The molecular weight excluding hydrogens is 345 g/mol. The average molecular weight is 375 g/mol. The second-order valence-corrected chi connectivity index (χ2v) is 9.26. The molecule has 2 aliphatic rings. The first-order valence-electron chi connectivity index (χ1n) is 9.44. The highest BCUT2D eigenvalue weighted by Gasteiger charge is 2.51. The number of carbonyl (C=O) groups excluding carboxylic acids is 1. The maximum atomic E-state index is 12.1. The van der Waals surface area contributed by atoms with Gasteiger partial charge in [-0.1, -0.05) is 18.2 Å². The van der Waals surface area contributed by atoms with Gasteiger partial charge in [0.25, 0.3) is 0 Å². The molecule has 2 aliphatic heterocycles. The molecule has 0 spiro atoms. The van der Waals surface area contributed by atoms with E-state index >= 15 is 0 Å². The van der Waals surface area contributed by atoms with Crippen LogP contribution in [0.25, 0.3) is 0 Å². The highest BCUT2D eigenvalue weighted by atomic mass is 16.7. The first-order chi connectivity index (χ1) is 12.4. The lowest BCUT2D eigenvalue weighted by atomic mass is 9.77. The Balaban J connectivity index is 1.77. The molecule has 0 unspecified atom stereocenters. The first kappa shape index (κ1) is 20.2. The molecule has 0 bridgehead atoms. The summed E-state index contributed by atoms with van der Waals surface area (Å²) < 4.78 is 23.3. The lowest BCUT2D eigenvalue weighted by Crippen LogP contribution is -2.41. The Bertz CT molecular complexity index is 710. The normalized spacial score (nSPS) is 23.7. The molecule has 1 saturated heterocycles. The Morgan fingerprint density at radius 3 is 2.41 bits per heavy atom. The predicted octanol–water partition coefficient (Wildman–Crippen LogP) is 3.08. The fourth-order valence-corrected chi connectivity index (χ4v) is 3.16. The zero-order valence-corrected chi connectivity index (χ0v) is 17.3. The molecule has 1 aromatic carbocycles. The topological polar surface area (TPSA) is 66.0 Å². The van der Waals surface area contributed by atoms with Gasteiger partial charge in [-0.15, -0.1) is 0 Å². The number of benzene rings is 1. The zero-order chi connectivity index (χ0) is 20.0. The summed E-state index contributed by atoms with van der Waals surface area (Å²) in [5.41, 5.74) is 1.70. The Labute approximate surface area is 162 Å². The lowest BCUT2D eigenvalue weighted by molar-refractivity contribution is 0.00578. The number of fused-ring (bicyclic) bond motifs is 1. The summed E-state index contributed by atoms with van der Waals surface area (Å²) in [4.78, 5) is 12.1. The average Bonchev–Trinajstić information content (AvgIpc) is 2.73. The van der Waals surface area contributed by atoms with Crippen molar-refractivity contribution >= 4 is 18.7 Å². The van der Waals surface area contributed by atoms with Gasteiger partial charge in [-0.25, -0.2) is 4.79 Å². The molecule has 6 nitrogen and oxygen atoms in total. The van der Waals surface area contributed by atoms with Crippen molar-refractivity contribution in [1.82, 2.24) is 5.32 Å². The van der Waals surface area contributed by atoms with Gasteiger partial charge in [0, 0.05) is 0 Å². The number of hydrogen-bond acceptors (Lipinski definition) is 5. The quantitative estimate of drug-likeness (QED) is 0.805. The van der Waals surface area contributed by atoms with Crippen molar-refractivity contribution in [3.63, 3.8) is 0 Å². The zero-order valence-electron chi connectivity index (χ0n) is 17.3. The van der Waals surface area contributed by atoms with Crippen molar-refractivity contribution in [2.75, 3.05) is 6.61 Å². The summed E-state index contributed by atoms with van der Waals surface area (Å²) in [5, 5.41) is 2.90. The summed E-state index contributed by atoms with van der Waals surface area (Å²) in [6.07, 6.45) is -0.445. The second kappa shape index (κ2) is 6.80. The Morgan fingerprint density at radius 1 is 1.19 bits per heavy atom. The third kappa shape index (κ3) is 4.31. The molecule has 2 heterocycles. The van der Waals surface area contributed by atoms with Gasteiger partial charge in [-0.05, 0) is 65.1 Å². The maximum absolute atomic E-state index is 12.1. The molecule has 1 fully saturated rings. The van der Waals surface area contributed by atoms with E-state index in [0.29, 0.717) is 13.2 Å². The van der Waals surface area contributed by atoms with E-state index in [0.717, 1.165) is 16.6 Å². The number of nitrogens with one attached hydrogen (secondary N) is 1. The molecule has 1 N–H and O–H groups in total. The molecule has 0 radical (unpaired) electrons. The molecule has 1 atom stereocenters. The monoisotopic (exact) mass is 375 g/mol. The van der Waals surface area contributed by atoms with Crippen LogP contribution in [0, 0.1) is 0 Å². The van der Waals surface area contributed by atoms with Crippen LogP contribution in [-0.2, 0) is 25.4 Å². The van der Waals surface area contributed by atoms with E-state index in [2.05, 4.69) is 5.32 Å². The SMILES string of the molecule is CC(C)(C)OC(=O)N[C@@H]1COCc2cc(B3OC(C)(C)C(C)(C)O3)ccc21. The molecular formula is C20H30BNO5. The van der Waals surface area contributed by atoms with Gasteiger partial charge in [0.2, 0.25) is 0 Å². The number of alkyl carbamates (subject to hydrolysis) is 1. The van der Waals surface area contributed by atoms with E-state index in [9.17, 15) is 4.79 Å². The summed E-state index contributed by atoms with van der Waals surface area (Å²) in [5.74, 6) is 0. The molecule has 0 saturated carbocycles. The summed E-state index contributed by atoms with van der Waals surface area (Å²) in [7, 11) is -0.417. The van der Waals surface area contributed by atoms with E-state index in [-0.39, 0.29) is 17.2 Å². The van der Waals surface area contributed by atoms with Gasteiger partial charge in [-0.3, -0.25) is 0 Å². The van der Waals surface area contributed by atoms with Crippen LogP contribution in [0.2, 0.25) is 0 Å². The van der Waals surface area contributed by atoms with E-state index < -0.39 is 18.8 Å². The lowest BCUT2D eigenvalue weighted by Gasteiger charge is -2.32. The molecule has 7 heteroatoms. The fraction of sp³-hybridized carbons (Fsp3) is 0.650. The minimum absolute atomic E-state index is 0.240. The van der Waals surface area contributed by atoms with Crippen molar-refractivity contribution in [1.29, 1.82) is 0 Å². The van der Waals surface area contributed by atoms with E-state index in [1.807, 2.05) is 66.7 Å². The number of rotatable bonds is 2.